The van der Waals surface area contributed by atoms with Gasteiger partial charge in [-0.05, 0) is 43.6 Å². The van der Waals surface area contributed by atoms with Crippen molar-refractivity contribution in [3.63, 3.8) is 0 Å². The van der Waals surface area contributed by atoms with Crippen LogP contribution < -0.4 is 11.1 Å². The van der Waals surface area contributed by atoms with Gasteiger partial charge >= 0.3 is 0 Å². The molecule has 0 aromatic carbocycles. The molecule has 0 unspecified atom stereocenters. The van der Waals surface area contributed by atoms with E-state index in [1.54, 1.807) is 18.5 Å². The summed E-state index contributed by atoms with van der Waals surface area (Å²) in [6.07, 6.45) is 8.26. The van der Waals surface area contributed by atoms with Crippen LogP contribution >= 0.6 is 0 Å². The summed E-state index contributed by atoms with van der Waals surface area (Å²) in [6, 6.07) is 2.14. The first-order chi connectivity index (χ1) is 9.78. The Morgan fingerprint density at radius 1 is 1.35 bits per heavy atom. The zero-order valence-corrected chi connectivity index (χ0v) is 11.4. The molecule has 2 saturated carbocycles. The number of carbonyl (C=O) groups is 1. The van der Waals surface area contributed by atoms with Crippen LogP contribution in [0.4, 0.5) is 0 Å². The topological polar surface area (TPSA) is 68.0 Å². The summed E-state index contributed by atoms with van der Waals surface area (Å²) in [6.45, 7) is 0.307. The van der Waals surface area contributed by atoms with Gasteiger partial charge in [0.2, 0.25) is 0 Å². The van der Waals surface area contributed by atoms with Gasteiger partial charge in [-0.15, -0.1) is 0 Å². The number of pyridine rings is 1. The molecule has 0 atom stereocenters. The second-order valence-corrected chi connectivity index (χ2v) is 5.64. The SMILES string of the molecule is NCC#Cc1cncc(C(=O)NC(C2CC2)C2CC2)c1. The average Bonchev–Trinajstić information content (AvgIpc) is 3.35. The summed E-state index contributed by atoms with van der Waals surface area (Å²) < 4.78 is 0. The zero-order chi connectivity index (χ0) is 13.9. The first kappa shape index (κ1) is 13.1. The Morgan fingerprint density at radius 3 is 2.65 bits per heavy atom. The summed E-state index contributed by atoms with van der Waals surface area (Å²) in [5, 5.41) is 3.19. The lowest BCUT2D eigenvalue weighted by molar-refractivity contribution is 0.0926. The maximum Gasteiger partial charge on any atom is 0.253 e. The first-order valence-corrected chi connectivity index (χ1v) is 7.23. The van der Waals surface area contributed by atoms with E-state index in [0.717, 1.165) is 5.56 Å². The number of nitrogens with zero attached hydrogens (tertiary/aromatic N) is 1. The van der Waals surface area contributed by atoms with Crippen LogP contribution in [0.1, 0.15) is 41.6 Å². The van der Waals surface area contributed by atoms with E-state index in [1.807, 2.05) is 0 Å². The van der Waals surface area contributed by atoms with Gasteiger partial charge in [-0.2, -0.15) is 0 Å². The van der Waals surface area contributed by atoms with Gasteiger partial charge in [0, 0.05) is 24.0 Å². The van der Waals surface area contributed by atoms with E-state index in [-0.39, 0.29) is 5.91 Å². The molecule has 0 saturated heterocycles. The lowest BCUT2D eigenvalue weighted by Crippen LogP contribution is -2.38. The van der Waals surface area contributed by atoms with Gasteiger partial charge in [-0.25, -0.2) is 0 Å². The Hall–Kier alpha value is -1.86. The molecule has 0 aliphatic heterocycles. The van der Waals surface area contributed by atoms with E-state index in [0.29, 0.717) is 30.0 Å². The number of hydrogen-bond donors (Lipinski definition) is 2. The van der Waals surface area contributed by atoms with Crippen molar-refractivity contribution >= 4 is 5.91 Å². The Morgan fingerprint density at radius 2 is 2.05 bits per heavy atom. The average molecular weight is 269 g/mol. The second-order valence-electron chi connectivity index (χ2n) is 5.64. The molecule has 4 heteroatoms. The quantitative estimate of drug-likeness (QED) is 0.810. The predicted molar refractivity (Wildman–Crippen MR) is 76.9 cm³/mol. The largest absolute Gasteiger partial charge is 0.349 e. The third-order valence-electron chi connectivity index (χ3n) is 3.89. The van der Waals surface area contributed by atoms with Crippen LogP contribution in [-0.2, 0) is 0 Å². The predicted octanol–water partition coefficient (Wildman–Crippen LogP) is 1.31. The molecule has 20 heavy (non-hydrogen) atoms. The van der Waals surface area contributed by atoms with E-state index in [2.05, 4.69) is 22.1 Å². The fourth-order valence-electron chi connectivity index (χ4n) is 2.55. The lowest BCUT2D eigenvalue weighted by atomic mass is 10.1. The molecule has 2 fully saturated rings. The number of rotatable bonds is 4. The normalized spacial score (nSPS) is 17.5. The van der Waals surface area contributed by atoms with Crippen molar-refractivity contribution in [1.82, 2.24) is 10.3 Å². The molecule has 1 amide bonds. The van der Waals surface area contributed by atoms with Gasteiger partial charge in [-0.1, -0.05) is 11.8 Å². The maximum absolute atomic E-state index is 12.3. The van der Waals surface area contributed by atoms with Gasteiger partial charge in [-0.3, -0.25) is 9.78 Å². The van der Waals surface area contributed by atoms with Crippen LogP contribution in [0.25, 0.3) is 0 Å². The van der Waals surface area contributed by atoms with Gasteiger partial charge < -0.3 is 11.1 Å². The Labute approximate surface area is 119 Å². The van der Waals surface area contributed by atoms with Crippen LogP contribution in [0, 0.1) is 23.7 Å². The zero-order valence-electron chi connectivity index (χ0n) is 11.4. The third kappa shape index (κ3) is 3.17. The third-order valence-corrected chi connectivity index (χ3v) is 3.89. The van der Waals surface area contributed by atoms with Crippen LogP contribution in [0.15, 0.2) is 18.5 Å². The number of nitrogens with two attached hydrogens (primary N) is 1. The van der Waals surface area contributed by atoms with E-state index in [1.165, 1.54) is 25.7 Å². The highest BCUT2D eigenvalue weighted by Crippen LogP contribution is 2.44. The van der Waals surface area contributed by atoms with Crippen molar-refractivity contribution in [2.45, 2.75) is 31.7 Å². The Bertz CT molecular complexity index is 553. The lowest BCUT2D eigenvalue weighted by Gasteiger charge is -2.17. The number of amides is 1. The number of carbonyl (C=O) groups excluding carboxylic acids is 1. The molecule has 0 spiro atoms. The van der Waals surface area contributed by atoms with Crippen molar-refractivity contribution in [2.24, 2.45) is 17.6 Å². The highest BCUT2D eigenvalue weighted by atomic mass is 16.1. The van der Waals surface area contributed by atoms with Crippen molar-refractivity contribution < 1.29 is 4.79 Å². The van der Waals surface area contributed by atoms with E-state index in [4.69, 9.17) is 5.73 Å². The maximum atomic E-state index is 12.3. The number of aromatic nitrogens is 1. The van der Waals surface area contributed by atoms with Gasteiger partial charge in [0.15, 0.2) is 0 Å². The molecule has 3 rings (SSSR count). The highest BCUT2D eigenvalue weighted by Gasteiger charge is 2.42. The summed E-state index contributed by atoms with van der Waals surface area (Å²) in [7, 11) is 0. The molecule has 3 N–H and O–H groups in total. The molecule has 2 aliphatic carbocycles. The Kier molecular flexibility index (Phi) is 3.70. The minimum absolute atomic E-state index is 0.0299. The summed E-state index contributed by atoms with van der Waals surface area (Å²) in [5.41, 5.74) is 6.66. The van der Waals surface area contributed by atoms with E-state index >= 15 is 0 Å². The molecular weight excluding hydrogens is 250 g/mol. The summed E-state index contributed by atoms with van der Waals surface area (Å²) in [5.74, 6) is 7.04. The summed E-state index contributed by atoms with van der Waals surface area (Å²) >= 11 is 0. The molecule has 0 bridgehead atoms. The molecule has 4 nitrogen and oxygen atoms in total. The minimum atomic E-state index is -0.0299. The molecule has 1 aromatic heterocycles. The molecule has 0 radical (unpaired) electrons. The van der Waals surface area contributed by atoms with Crippen LogP contribution in [-0.4, -0.2) is 23.5 Å². The van der Waals surface area contributed by atoms with Crippen LogP contribution in [0.5, 0.6) is 0 Å². The standard InChI is InChI=1S/C16H19N3O/c17-7-1-2-11-8-14(10-18-9-11)16(20)19-15(12-3-4-12)13-5-6-13/h8-10,12-13,15H,3-7,17H2,(H,19,20). The van der Waals surface area contributed by atoms with Gasteiger partial charge in [0.1, 0.15) is 0 Å². The Balaban J connectivity index is 1.69. The smallest absolute Gasteiger partial charge is 0.253 e. The van der Waals surface area contributed by atoms with Gasteiger partial charge in [0.25, 0.3) is 5.91 Å². The monoisotopic (exact) mass is 269 g/mol. The molecule has 104 valence electrons. The van der Waals surface area contributed by atoms with Crippen LogP contribution in [0.2, 0.25) is 0 Å². The summed E-state index contributed by atoms with van der Waals surface area (Å²) in [4.78, 5) is 16.4. The molecule has 2 aliphatic rings. The molecule has 1 aromatic rings. The fraction of sp³-hybridized carbons (Fsp3) is 0.500. The molecule has 1 heterocycles. The fourth-order valence-corrected chi connectivity index (χ4v) is 2.55. The number of hydrogen-bond acceptors (Lipinski definition) is 3. The van der Waals surface area contributed by atoms with E-state index < -0.39 is 0 Å². The first-order valence-electron chi connectivity index (χ1n) is 7.23. The number of nitrogens with one attached hydrogen (secondary N) is 1. The van der Waals surface area contributed by atoms with Crippen molar-refractivity contribution in [1.29, 1.82) is 0 Å². The van der Waals surface area contributed by atoms with Crippen molar-refractivity contribution in [3.8, 4) is 11.8 Å². The van der Waals surface area contributed by atoms with E-state index in [9.17, 15) is 4.79 Å². The second kappa shape index (κ2) is 5.64. The highest BCUT2D eigenvalue weighted by molar-refractivity contribution is 5.94. The van der Waals surface area contributed by atoms with Gasteiger partial charge in [0.05, 0.1) is 12.1 Å². The van der Waals surface area contributed by atoms with Crippen molar-refractivity contribution in [3.05, 3.63) is 29.6 Å². The van der Waals surface area contributed by atoms with Crippen LogP contribution in [0.3, 0.4) is 0 Å². The minimum Gasteiger partial charge on any atom is -0.349 e. The van der Waals surface area contributed by atoms with Crippen molar-refractivity contribution in [2.75, 3.05) is 6.54 Å². The molecular formula is C16H19N3O.